The number of aliphatic hydroxyl groups excluding tert-OH is 1. The van der Waals surface area contributed by atoms with E-state index in [0.717, 1.165) is 41.5 Å². The fourth-order valence-electron chi connectivity index (χ4n) is 3.45. The second kappa shape index (κ2) is 4.60. The van der Waals surface area contributed by atoms with Crippen molar-refractivity contribution in [3.63, 3.8) is 0 Å². The molecule has 0 bridgehead atoms. The molecule has 4 rings (SSSR count). The van der Waals surface area contributed by atoms with Crippen LogP contribution in [0.2, 0.25) is 0 Å². The van der Waals surface area contributed by atoms with Gasteiger partial charge in [0.15, 0.2) is 0 Å². The molecule has 0 aliphatic heterocycles. The summed E-state index contributed by atoms with van der Waals surface area (Å²) in [4.78, 5) is 4.87. The number of aliphatic hydroxyl groups is 1. The zero-order chi connectivity index (χ0) is 13.5. The third-order valence-electron chi connectivity index (χ3n) is 4.47. The molecule has 0 spiro atoms. The number of benzene rings is 1. The predicted octanol–water partition coefficient (Wildman–Crippen LogP) is 3.51. The quantitative estimate of drug-likeness (QED) is 0.732. The first kappa shape index (κ1) is 11.9. The molecule has 1 aromatic carbocycles. The topological polar surface area (TPSA) is 37.5 Å². The summed E-state index contributed by atoms with van der Waals surface area (Å²) in [6, 6.07) is 12.4. The van der Waals surface area contributed by atoms with E-state index in [0.29, 0.717) is 0 Å². The maximum atomic E-state index is 10.3. The Morgan fingerprint density at radius 1 is 1.00 bits per heavy atom. The molecule has 0 radical (unpaired) electrons. The van der Waals surface area contributed by atoms with Crippen molar-refractivity contribution in [2.45, 2.75) is 37.7 Å². The molecule has 20 heavy (non-hydrogen) atoms. The van der Waals surface area contributed by atoms with Gasteiger partial charge in [-0.15, -0.1) is 0 Å². The molecule has 0 saturated heterocycles. The average Bonchev–Trinajstić information content (AvgIpc) is 2.97. The van der Waals surface area contributed by atoms with Crippen LogP contribution in [-0.2, 0) is 0 Å². The van der Waals surface area contributed by atoms with Crippen molar-refractivity contribution in [1.82, 2.24) is 9.38 Å². The first-order valence-corrected chi connectivity index (χ1v) is 7.38. The van der Waals surface area contributed by atoms with Crippen LogP contribution in [0.4, 0.5) is 0 Å². The number of nitrogens with zero attached hydrogens (tertiary/aromatic N) is 2. The van der Waals surface area contributed by atoms with Gasteiger partial charge in [0.05, 0.1) is 28.3 Å². The highest BCUT2D eigenvalue weighted by atomic mass is 16.3. The van der Waals surface area contributed by atoms with Crippen LogP contribution in [0.15, 0.2) is 42.6 Å². The third-order valence-corrected chi connectivity index (χ3v) is 4.47. The largest absolute Gasteiger partial charge is 0.392 e. The van der Waals surface area contributed by atoms with E-state index in [1.807, 2.05) is 18.2 Å². The number of hydrogen-bond donors (Lipinski definition) is 1. The summed E-state index contributed by atoms with van der Waals surface area (Å²) in [6.45, 7) is 0. The van der Waals surface area contributed by atoms with E-state index in [1.165, 1.54) is 6.42 Å². The summed E-state index contributed by atoms with van der Waals surface area (Å²) in [7, 11) is 0. The minimum Gasteiger partial charge on any atom is -0.392 e. The fraction of sp³-hybridized carbons (Fsp3) is 0.353. The lowest BCUT2D eigenvalue weighted by molar-refractivity contribution is 0.105. The highest BCUT2D eigenvalue weighted by Crippen LogP contribution is 2.35. The lowest BCUT2D eigenvalue weighted by Gasteiger charge is -2.28. The lowest BCUT2D eigenvalue weighted by atomic mass is 9.84. The monoisotopic (exact) mass is 266 g/mol. The minimum absolute atomic E-state index is 0.172. The predicted molar refractivity (Wildman–Crippen MR) is 79.9 cm³/mol. The van der Waals surface area contributed by atoms with Crippen LogP contribution in [0.25, 0.3) is 16.6 Å². The van der Waals surface area contributed by atoms with Crippen LogP contribution in [0.5, 0.6) is 0 Å². The Kier molecular flexibility index (Phi) is 2.74. The minimum atomic E-state index is -0.254. The summed E-state index contributed by atoms with van der Waals surface area (Å²) in [5, 5.41) is 10.3. The Hall–Kier alpha value is -1.87. The van der Waals surface area contributed by atoms with Crippen molar-refractivity contribution >= 4 is 16.6 Å². The fourth-order valence-corrected chi connectivity index (χ4v) is 3.45. The number of para-hydroxylation sites is 2. The molecule has 3 heteroatoms. The van der Waals surface area contributed by atoms with Crippen molar-refractivity contribution in [2.75, 3.05) is 0 Å². The van der Waals surface area contributed by atoms with Gasteiger partial charge in [0, 0.05) is 12.1 Å². The van der Waals surface area contributed by atoms with Crippen LogP contribution in [0.1, 0.15) is 37.3 Å². The molecule has 2 heterocycles. The summed E-state index contributed by atoms with van der Waals surface area (Å²) in [6.07, 6.45) is 6.07. The zero-order valence-corrected chi connectivity index (χ0v) is 11.4. The molecule has 1 fully saturated rings. The van der Waals surface area contributed by atoms with Crippen LogP contribution in [0.3, 0.4) is 0 Å². The van der Waals surface area contributed by atoms with Crippen LogP contribution in [-0.4, -0.2) is 20.6 Å². The number of hydrogen-bond acceptors (Lipinski definition) is 2. The van der Waals surface area contributed by atoms with Gasteiger partial charge in [0.2, 0.25) is 0 Å². The van der Waals surface area contributed by atoms with Crippen molar-refractivity contribution in [2.24, 2.45) is 0 Å². The van der Waals surface area contributed by atoms with E-state index < -0.39 is 0 Å². The third kappa shape index (κ3) is 1.74. The smallest absolute Gasteiger partial charge is 0.0874 e. The van der Waals surface area contributed by atoms with Crippen molar-refractivity contribution in [3.8, 4) is 0 Å². The van der Waals surface area contributed by atoms with Gasteiger partial charge in [-0.25, -0.2) is 4.98 Å². The summed E-state index contributed by atoms with van der Waals surface area (Å²) in [5.41, 5.74) is 4.32. The molecule has 3 nitrogen and oxygen atoms in total. The number of rotatable bonds is 1. The maximum absolute atomic E-state index is 10.3. The highest BCUT2D eigenvalue weighted by molar-refractivity contribution is 5.79. The first-order valence-electron chi connectivity index (χ1n) is 7.38. The van der Waals surface area contributed by atoms with Gasteiger partial charge in [0.1, 0.15) is 0 Å². The van der Waals surface area contributed by atoms with Gasteiger partial charge < -0.3 is 9.51 Å². The molecule has 0 amide bonds. The van der Waals surface area contributed by atoms with Crippen LogP contribution in [0, 0.1) is 0 Å². The van der Waals surface area contributed by atoms with E-state index in [-0.39, 0.29) is 12.0 Å². The molecule has 2 atom stereocenters. The van der Waals surface area contributed by atoms with Gasteiger partial charge in [0.25, 0.3) is 0 Å². The molecule has 2 aromatic heterocycles. The molecule has 1 saturated carbocycles. The van der Waals surface area contributed by atoms with Gasteiger partial charge in [-0.1, -0.05) is 25.0 Å². The molecular formula is C17H18N2O. The molecule has 1 aliphatic carbocycles. The molecular weight excluding hydrogens is 248 g/mol. The van der Waals surface area contributed by atoms with Crippen molar-refractivity contribution < 1.29 is 5.11 Å². The van der Waals surface area contributed by atoms with Gasteiger partial charge in [-0.2, -0.15) is 0 Å². The standard InChI is InChI=1S/C17H18N2O/c20-16-10-4-1-6-12(16)17-15-9-5-11-19(15)14-8-3-2-7-13(14)18-17/h2-3,5,7-9,11-12,16,20H,1,4,6,10H2/t12-,16-/m1/s1. The number of aromatic nitrogens is 2. The van der Waals surface area contributed by atoms with Gasteiger partial charge in [-0.3, -0.25) is 0 Å². The Bertz CT molecular complexity index is 762. The molecule has 0 unspecified atom stereocenters. The van der Waals surface area contributed by atoms with Crippen LogP contribution < -0.4 is 0 Å². The summed E-state index contributed by atoms with van der Waals surface area (Å²) in [5.74, 6) is 0.172. The lowest BCUT2D eigenvalue weighted by Crippen LogP contribution is -2.24. The Balaban J connectivity index is 1.99. The highest BCUT2D eigenvalue weighted by Gasteiger charge is 2.27. The average molecular weight is 266 g/mol. The van der Waals surface area contributed by atoms with E-state index >= 15 is 0 Å². The van der Waals surface area contributed by atoms with Crippen molar-refractivity contribution in [3.05, 3.63) is 48.3 Å². The Morgan fingerprint density at radius 3 is 2.70 bits per heavy atom. The van der Waals surface area contributed by atoms with Gasteiger partial charge in [-0.05, 0) is 37.1 Å². The first-order chi connectivity index (χ1) is 9.84. The number of fused-ring (bicyclic) bond motifs is 3. The second-order valence-corrected chi connectivity index (χ2v) is 5.71. The molecule has 3 aromatic rings. The van der Waals surface area contributed by atoms with E-state index in [2.05, 4.69) is 28.8 Å². The van der Waals surface area contributed by atoms with Crippen molar-refractivity contribution in [1.29, 1.82) is 0 Å². The molecule has 102 valence electrons. The Labute approximate surface area is 117 Å². The summed E-state index contributed by atoms with van der Waals surface area (Å²) >= 11 is 0. The molecule has 1 aliphatic rings. The summed E-state index contributed by atoms with van der Waals surface area (Å²) < 4.78 is 2.19. The molecule has 1 N–H and O–H groups in total. The van der Waals surface area contributed by atoms with Gasteiger partial charge >= 0.3 is 0 Å². The van der Waals surface area contributed by atoms with E-state index in [9.17, 15) is 5.11 Å². The Morgan fingerprint density at radius 2 is 1.80 bits per heavy atom. The normalized spacial score (nSPS) is 23.4. The zero-order valence-electron chi connectivity index (χ0n) is 11.4. The van der Waals surface area contributed by atoms with E-state index in [1.54, 1.807) is 0 Å². The second-order valence-electron chi connectivity index (χ2n) is 5.71. The van der Waals surface area contributed by atoms with Crippen LogP contribution >= 0.6 is 0 Å². The maximum Gasteiger partial charge on any atom is 0.0874 e. The van der Waals surface area contributed by atoms with E-state index in [4.69, 9.17) is 4.98 Å². The SMILES string of the molecule is O[C@@H]1CCCC[C@H]1c1nc2ccccc2n2cccc12.